The first-order valence-corrected chi connectivity index (χ1v) is 8.29. The monoisotopic (exact) mass is 296 g/mol. The molecule has 0 amide bonds. The third-order valence-corrected chi connectivity index (χ3v) is 5.25. The molecule has 1 heterocycles. The van der Waals surface area contributed by atoms with Crippen molar-refractivity contribution in [2.24, 2.45) is 11.8 Å². The van der Waals surface area contributed by atoms with Gasteiger partial charge in [0.1, 0.15) is 0 Å². The second-order valence-electron chi connectivity index (χ2n) is 5.58. The van der Waals surface area contributed by atoms with Crippen LogP contribution < -0.4 is 5.32 Å². The zero-order chi connectivity index (χ0) is 14.5. The fourth-order valence-electron chi connectivity index (χ4n) is 3.01. The molecule has 112 valence electrons. The van der Waals surface area contributed by atoms with Crippen LogP contribution in [0.3, 0.4) is 0 Å². The van der Waals surface area contributed by atoms with Crippen molar-refractivity contribution in [2.45, 2.75) is 52.0 Å². The van der Waals surface area contributed by atoms with Crippen LogP contribution in [-0.4, -0.2) is 24.1 Å². The molecule has 1 aromatic heterocycles. The molecule has 0 aliphatic heterocycles. The van der Waals surface area contributed by atoms with Gasteiger partial charge >= 0.3 is 5.97 Å². The minimum Gasteiger partial charge on any atom is -0.469 e. The topological polar surface area (TPSA) is 51.2 Å². The van der Waals surface area contributed by atoms with Gasteiger partial charge in [-0.25, -0.2) is 4.98 Å². The van der Waals surface area contributed by atoms with E-state index in [1.54, 1.807) is 11.3 Å². The Balaban J connectivity index is 1.85. The predicted octanol–water partition coefficient (Wildman–Crippen LogP) is 3.49. The van der Waals surface area contributed by atoms with Crippen molar-refractivity contribution in [3.05, 3.63) is 11.1 Å². The second-order valence-corrected chi connectivity index (χ2v) is 6.43. The molecule has 1 aliphatic rings. The van der Waals surface area contributed by atoms with Crippen LogP contribution in [0.5, 0.6) is 0 Å². The quantitative estimate of drug-likeness (QED) is 0.817. The molecule has 1 aromatic rings. The maximum atomic E-state index is 11.1. The van der Waals surface area contributed by atoms with E-state index in [9.17, 15) is 4.79 Å². The van der Waals surface area contributed by atoms with Gasteiger partial charge in [-0.2, -0.15) is 0 Å². The average molecular weight is 296 g/mol. The van der Waals surface area contributed by atoms with Crippen LogP contribution >= 0.6 is 11.3 Å². The van der Waals surface area contributed by atoms with Gasteiger partial charge in [0.25, 0.3) is 0 Å². The highest BCUT2D eigenvalue weighted by atomic mass is 32.1. The number of hydrogen-bond acceptors (Lipinski definition) is 5. The van der Waals surface area contributed by atoms with Gasteiger partial charge in [-0.1, -0.05) is 20.3 Å². The minimum atomic E-state index is -0.178. The van der Waals surface area contributed by atoms with Crippen LogP contribution in [0.4, 0.5) is 5.13 Å². The molecule has 0 saturated heterocycles. The van der Waals surface area contributed by atoms with Crippen LogP contribution in [0.15, 0.2) is 5.38 Å². The van der Waals surface area contributed by atoms with E-state index in [4.69, 9.17) is 0 Å². The van der Waals surface area contributed by atoms with Crippen LogP contribution in [0, 0.1) is 11.8 Å². The van der Waals surface area contributed by atoms with Crippen molar-refractivity contribution in [1.82, 2.24) is 4.98 Å². The molecule has 5 heteroatoms. The number of thiazole rings is 1. The van der Waals surface area contributed by atoms with E-state index in [-0.39, 0.29) is 5.97 Å². The van der Waals surface area contributed by atoms with Gasteiger partial charge in [0.2, 0.25) is 0 Å². The molecular formula is C15H24N2O2S. The molecule has 2 rings (SSSR count). The Labute approximate surface area is 124 Å². The molecule has 1 saturated carbocycles. The summed E-state index contributed by atoms with van der Waals surface area (Å²) in [5, 5.41) is 6.58. The number of anilines is 1. The Hall–Kier alpha value is -1.10. The van der Waals surface area contributed by atoms with Crippen molar-refractivity contribution in [2.75, 3.05) is 12.4 Å². The minimum absolute atomic E-state index is 0.178. The lowest BCUT2D eigenvalue weighted by atomic mass is 9.94. The Kier molecular flexibility index (Phi) is 5.40. The highest BCUT2D eigenvalue weighted by Crippen LogP contribution is 2.36. The Morgan fingerprint density at radius 3 is 3.00 bits per heavy atom. The molecule has 1 N–H and O–H groups in total. The molecule has 0 spiro atoms. The molecule has 0 bridgehead atoms. The Morgan fingerprint density at radius 2 is 2.35 bits per heavy atom. The number of ether oxygens (including phenoxy) is 1. The van der Waals surface area contributed by atoms with Crippen molar-refractivity contribution in [3.63, 3.8) is 0 Å². The van der Waals surface area contributed by atoms with Crippen molar-refractivity contribution < 1.29 is 9.53 Å². The van der Waals surface area contributed by atoms with Crippen molar-refractivity contribution in [1.29, 1.82) is 0 Å². The molecular weight excluding hydrogens is 272 g/mol. The number of hydrogen-bond donors (Lipinski definition) is 1. The highest BCUT2D eigenvalue weighted by Gasteiger charge is 2.31. The van der Waals surface area contributed by atoms with E-state index < -0.39 is 0 Å². The number of aryl methyl sites for hydroxylation is 1. The number of methoxy groups -OCH3 is 1. The number of nitrogens with one attached hydrogen (secondary N) is 1. The van der Waals surface area contributed by atoms with Gasteiger partial charge in [-0.15, -0.1) is 11.3 Å². The van der Waals surface area contributed by atoms with E-state index in [0.29, 0.717) is 24.8 Å². The van der Waals surface area contributed by atoms with Gasteiger partial charge in [0.15, 0.2) is 5.13 Å². The summed E-state index contributed by atoms with van der Waals surface area (Å²) in [7, 11) is 1.42. The Morgan fingerprint density at radius 1 is 1.55 bits per heavy atom. The van der Waals surface area contributed by atoms with Crippen LogP contribution in [0.2, 0.25) is 0 Å². The molecule has 3 unspecified atom stereocenters. The van der Waals surface area contributed by atoms with E-state index in [2.05, 4.69) is 28.9 Å². The molecule has 1 aliphatic carbocycles. The van der Waals surface area contributed by atoms with Crippen LogP contribution in [0.25, 0.3) is 0 Å². The summed E-state index contributed by atoms with van der Waals surface area (Å²) in [5.41, 5.74) is 0.973. The van der Waals surface area contributed by atoms with E-state index in [0.717, 1.165) is 16.7 Å². The molecule has 20 heavy (non-hydrogen) atoms. The second kappa shape index (κ2) is 7.07. The largest absolute Gasteiger partial charge is 0.469 e. The van der Waals surface area contributed by atoms with Gasteiger partial charge in [0.05, 0.1) is 19.2 Å². The summed E-state index contributed by atoms with van der Waals surface area (Å²) < 4.78 is 4.65. The molecule has 0 radical (unpaired) electrons. The summed E-state index contributed by atoms with van der Waals surface area (Å²) in [6.45, 7) is 4.61. The summed E-state index contributed by atoms with van der Waals surface area (Å²) in [6.07, 6.45) is 4.87. The first kappa shape index (κ1) is 15.3. The van der Waals surface area contributed by atoms with Gasteiger partial charge in [0, 0.05) is 17.8 Å². The lowest BCUT2D eigenvalue weighted by Gasteiger charge is -2.20. The first-order valence-electron chi connectivity index (χ1n) is 7.41. The molecule has 4 nitrogen and oxygen atoms in total. The number of rotatable bonds is 6. The number of nitrogens with zero attached hydrogens (tertiary/aromatic N) is 1. The zero-order valence-electron chi connectivity index (χ0n) is 12.5. The number of carbonyl (C=O) groups is 1. The van der Waals surface area contributed by atoms with E-state index in [1.165, 1.54) is 26.4 Å². The summed E-state index contributed by atoms with van der Waals surface area (Å²) in [6, 6.07) is 0.541. The predicted molar refractivity (Wildman–Crippen MR) is 82.0 cm³/mol. The normalized spacial score (nSPS) is 25.6. The summed E-state index contributed by atoms with van der Waals surface area (Å²) >= 11 is 1.63. The summed E-state index contributed by atoms with van der Waals surface area (Å²) in [4.78, 5) is 15.7. The average Bonchev–Trinajstić information content (AvgIpc) is 3.04. The van der Waals surface area contributed by atoms with E-state index >= 15 is 0 Å². The maximum absolute atomic E-state index is 11.1. The molecule has 3 atom stereocenters. The SMILES string of the molecule is CCC1CCC(Nc2nc(CCC(=O)OC)cs2)C1C. The summed E-state index contributed by atoms with van der Waals surface area (Å²) in [5.74, 6) is 1.37. The third-order valence-electron chi connectivity index (χ3n) is 4.42. The zero-order valence-corrected chi connectivity index (χ0v) is 13.3. The smallest absolute Gasteiger partial charge is 0.305 e. The Bertz CT molecular complexity index is 447. The number of esters is 1. The highest BCUT2D eigenvalue weighted by molar-refractivity contribution is 7.13. The lowest BCUT2D eigenvalue weighted by molar-refractivity contribution is -0.140. The fraction of sp³-hybridized carbons (Fsp3) is 0.733. The van der Waals surface area contributed by atoms with Gasteiger partial charge in [-0.05, 0) is 24.7 Å². The number of carbonyl (C=O) groups excluding carboxylic acids is 1. The number of aromatic nitrogens is 1. The van der Waals surface area contributed by atoms with Gasteiger partial charge in [-0.3, -0.25) is 4.79 Å². The van der Waals surface area contributed by atoms with Gasteiger partial charge < -0.3 is 10.1 Å². The molecule has 0 aromatic carbocycles. The fourth-order valence-corrected chi connectivity index (χ4v) is 3.81. The molecule has 1 fully saturated rings. The van der Waals surface area contributed by atoms with Crippen LogP contribution in [-0.2, 0) is 16.0 Å². The van der Waals surface area contributed by atoms with Crippen molar-refractivity contribution >= 4 is 22.4 Å². The first-order chi connectivity index (χ1) is 9.63. The third kappa shape index (κ3) is 3.72. The maximum Gasteiger partial charge on any atom is 0.305 e. The van der Waals surface area contributed by atoms with Crippen LogP contribution in [0.1, 0.15) is 45.2 Å². The lowest BCUT2D eigenvalue weighted by Crippen LogP contribution is -2.24. The van der Waals surface area contributed by atoms with E-state index in [1.807, 2.05) is 5.38 Å². The standard InChI is InChI=1S/C15H24N2O2S/c1-4-11-5-7-13(10(11)2)17-15-16-12(9-20-15)6-8-14(18)19-3/h9-11,13H,4-8H2,1-3H3,(H,16,17). The van der Waals surface area contributed by atoms with Crippen molar-refractivity contribution in [3.8, 4) is 0 Å².